The van der Waals surface area contributed by atoms with Gasteiger partial charge in [-0.25, -0.2) is 0 Å². The van der Waals surface area contributed by atoms with Crippen molar-refractivity contribution in [2.45, 2.75) is 34.1 Å². The molecule has 0 saturated carbocycles. The van der Waals surface area contributed by atoms with Crippen LogP contribution >= 0.6 is 0 Å². The molecule has 0 aromatic rings. The number of hydrogen-bond donors (Lipinski definition) is 0. The summed E-state index contributed by atoms with van der Waals surface area (Å²) >= 11 is 0. The topological polar surface area (TPSA) is 0 Å². The maximum Gasteiger partial charge on any atom is -0.0126 e. The summed E-state index contributed by atoms with van der Waals surface area (Å²) in [6, 6.07) is 0. The van der Waals surface area contributed by atoms with Gasteiger partial charge < -0.3 is 0 Å². The van der Waals surface area contributed by atoms with Gasteiger partial charge in [0.2, 0.25) is 0 Å². The minimum atomic E-state index is 0.606. The summed E-state index contributed by atoms with van der Waals surface area (Å²) in [4.78, 5) is 0. The lowest BCUT2D eigenvalue weighted by Crippen LogP contribution is -2.07. The first kappa shape index (κ1) is 10.3. The van der Waals surface area contributed by atoms with Crippen LogP contribution in [0.15, 0.2) is 23.6 Å². The Morgan fingerprint density at radius 1 is 1.45 bits per heavy atom. The third-order valence-electron chi connectivity index (χ3n) is 2.47. The molecule has 0 aromatic carbocycles. The van der Waals surface area contributed by atoms with Gasteiger partial charge in [0.05, 0.1) is 0 Å². The van der Waals surface area contributed by atoms with Gasteiger partial charge in [-0.1, -0.05) is 38.7 Å². The molecule has 0 heteroatoms. The highest BCUT2D eigenvalue weighted by Crippen LogP contribution is 2.20. The van der Waals surface area contributed by atoms with E-state index < -0.39 is 0 Å². The molecule has 2 atom stereocenters. The molecule has 0 nitrogen and oxygen atoms in total. The van der Waals surface area contributed by atoms with E-state index in [1.165, 1.54) is 12.0 Å². The van der Waals surface area contributed by atoms with E-state index in [1.54, 1.807) is 0 Å². The van der Waals surface area contributed by atoms with Gasteiger partial charge in [0, 0.05) is 0 Å². The zero-order chi connectivity index (χ0) is 8.85. The second-order valence-corrected chi connectivity index (χ2v) is 3.16. The molecule has 0 radical (unpaired) electrons. The van der Waals surface area contributed by atoms with Crippen LogP contribution < -0.4 is 0 Å². The lowest BCUT2D eigenvalue weighted by Gasteiger charge is -2.16. The van der Waals surface area contributed by atoms with Gasteiger partial charge in [-0.3, -0.25) is 0 Å². The summed E-state index contributed by atoms with van der Waals surface area (Å²) in [5.74, 6) is 1.34. The van der Waals surface area contributed by atoms with Crippen molar-refractivity contribution >= 4 is 0 Å². The van der Waals surface area contributed by atoms with Gasteiger partial charge in [-0.05, 0) is 30.9 Å². The molecule has 0 fully saturated rings. The Balaban J connectivity index is 4.36. The number of rotatable bonds is 3. The predicted octanol–water partition coefficient (Wildman–Crippen LogP) is 3.55. The molecular weight excluding hydrogens is 132 g/mol. The van der Waals surface area contributed by atoms with Crippen LogP contribution in [-0.2, 0) is 0 Å². The fourth-order valence-corrected chi connectivity index (χ4v) is 1.03. The van der Waals surface area contributed by atoms with Crippen molar-refractivity contribution in [3.63, 3.8) is 0 Å². The first-order valence-corrected chi connectivity index (χ1v) is 4.25. The van der Waals surface area contributed by atoms with Crippen LogP contribution in [0.5, 0.6) is 0 Å². The lowest BCUT2D eigenvalue weighted by atomic mass is 9.88. The van der Waals surface area contributed by atoms with Crippen LogP contribution in [0.3, 0.4) is 0 Å². The summed E-state index contributed by atoms with van der Waals surface area (Å²) in [5.41, 5.74) is 6.96. The van der Waals surface area contributed by atoms with Crippen molar-refractivity contribution < 1.29 is 0 Å². The van der Waals surface area contributed by atoms with Crippen LogP contribution in [0.1, 0.15) is 34.1 Å². The van der Waals surface area contributed by atoms with Crippen LogP contribution in [0.4, 0.5) is 0 Å². The summed E-state index contributed by atoms with van der Waals surface area (Å²) in [5, 5.41) is 0. The normalized spacial score (nSPS) is 14.5. The number of allylic oxidation sites excluding steroid dienone is 1. The molecule has 0 bridgehead atoms. The minimum absolute atomic E-state index is 0.606. The smallest absolute Gasteiger partial charge is 0.0126 e. The lowest BCUT2D eigenvalue weighted by molar-refractivity contribution is 0.428. The molecule has 0 N–H and O–H groups in total. The largest absolute Gasteiger partial charge is 0.0782 e. The molecule has 0 aliphatic carbocycles. The second kappa shape index (κ2) is 5.02. The second-order valence-electron chi connectivity index (χ2n) is 3.16. The van der Waals surface area contributed by atoms with E-state index in [4.69, 9.17) is 0 Å². The quantitative estimate of drug-likeness (QED) is 0.540. The van der Waals surface area contributed by atoms with Crippen molar-refractivity contribution in [2.24, 2.45) is 11.8 Å². The first-order valence-electron chi connectivity index (χ1n) is 4.25. The van der Waals surface area contributed by atoms with Crippen molar-refractivity contribution in [2.75, 3.05) is 0 Å². The van der Waals surface area contributed by atoms with E-state index in [-0.39, 0.29) is 0 Å². The highest BCUT2D eigenvalue weighted by molar-refractivity contribution is 5.01. The van der Waals surface area contributed by atoms with Crippen LogP contribution in [0, 0.1) is 11.8 Å². The van der Waals surface area contributed by atoms with E-state index >= 15 is 0 Å². The molecule has 0 saturated heterocycles. The third-order valence-corrected chi connectivity index (χ3v) is 2.47. The Bertz CT molecular complexity index is 188. The summed E-state index contributed by atoms with van der Waals surface area (Å²) in [6.45, 7) is 12.3. The summed E-state index contributed by atoms with van der Waals surface area (Å²) in [7, 11) is 0. The Kier molecular flexibility index (Phi) is 4.70. The predicted molar refractivity (Wildman–Crippen MR) is 50.5 cm³/mol. The van der Waals surface area contributed by atoms with Gasteiger partial charge >= 0.3 is 0 Å². The Morgan fingerprint density at radius 2 is 2.00 bits per heavy atom. The fourth-order valence-electron chi connectivity index (χ4n) is 1.03. The van der Waals surface area contributed by atoms with E-state index in [9.17, 15) is 0 Å². The van der Waals surface area contributed by atoms with E-state index in [1.807, 2.05) is 0 Å². The van der Waals surface area contributed by atoms with Crippen molar-refractivity contribution in [1.82, 2.24) is 0 Å². The Morgan fingerprint density at radius 3 is 2.36 bits per heavy atom. The third kappa shape index (κ3) is 3.28. The molecule has 2 unspecified atom stereocenters. The van der Waals surface area contributed by atoms with Crippen LogP contribution in [0.2, 0.25) is 0 Å². The fraction of sp³-hybridized carbons (Fsp3) is 0.636. The van der Waals surface area contributed by atoms with E-state index in [2.05, 4.69) is 45.7 Å². The molecule has 0 heterocycles. The standard InChI is InChI=1S/C11H18/c1-6-8-10(4)11(5)9(3)7-2/h9,11H,1,7H2,2-5H3. The highest BCUT2D eigenvalue weighted by atomic mass is 14.1. The highest BCUT2D eigenvalue weighted by Gasteiger charge is 2.10. The molecule has 0 aromatic heterocycles. The maximum atomic E-state index is 3.51. The summed E-state index contributed by atoms with van der Waals surface area (Å²) < 4.78 is 0. The Hall–Kier alpha value is -0.700. The monoisotopic (exact) mass is 150 g/mol. The van der Waals surface area contributed by atoms with Crippen molar-refractivity contribution in [3.05, 3.63) is 23.6 Å². The van der Waals surface area contributed by atoms with Crippen LogP contribution in [-0.4, -0.2) is 0 Å². The molecule has 62 valence electrons. The van der Waals surface area contributed by atoms with Gasteiger partial charge in [0.1, 0.15) is 0 Å². The minimum Gasteiger partial charge on any atom is -0.0782 e. The van der Waals surface area contributed by atoms with Crippen molar-refractivity contribution in [3.8, 4) is 0 Å². The maximum absolute atomic E-state index is 3.51. The first-order chi connectivity index (χ1) is 5.13. The average molecular weight is 150 g/mol. The van der Waals surface area contributed by atoms with Gasteiger partial charge in [-0.2, -0.15) is 0 Å². The van der Waals surface area contributed by atoms with Gasteiger partial charge in [-0.15, -0.1) is 0 Å². The Labute approximate surface area is 70.3 Å². The zero-order valence-corrected chi connectivity index (χ0v) is 8.07. The van der Waals surface area contributed by atoms with E-state index in [0.717, 1.165) is 5.92 Å². The van der Waals surface area contributed by atoms with E-state index in [0.29, 0.717) is 5.92 Å². The van der Waals surface area contributed by atoms with Crippen LogP contribution in [0.25, 0.3) is 0 Å². The number of hydrogen-bond acceptors (Lipinski definition) is 0. The molecule has 0 spiro atoms. The molecule has 0 aliphatic heterocycles. The molecular formula is C11H18. The van der Waals surface area contributed by atoms with Gasteiger partial charge in [0.15, 0.2) is 0 Å². The SMILES string of the molecule is C=C=C=C(C)C(C)C(C)CC. The molecule has 0 amide bonds. The van der Waals surface area contributed by atoms with Crippen molar-refractivity contribution in [1.29, 1.82) is 0 Å². The zero-order valence-electron chi connectivity index (χ0n) is 8.07. The molecule has 11 heavy (non-hydrogen) atoms. The molecule has 0 rings (SSSR count). The van der Waals surface area contributed by atoms with Gasteiger partial charge in [0.25, 0.3) is 0 Å². The molecule has 0 aliphatic rings. The summed E-state index contributed by atoms with van der Waals surface area (Å²) in [6.07, 6.45) is 1.22. The average Bonchev–Trinajstić information content (AvgIpc) is 2.02.